The van der Waals surface area contributed by atoms with Crippen LogP contribution in [0.2, 0.25) is 0 Å². The summed E-state index contributed by atoms with van der Waals surface area (Å²) in [6, 6.07) is 16.3. The number of para-hydroxylation sites is 2. The molecule has 0 aliphatic heterocycles. The van der Waals surface area contributed by atoms with E-state index in [2.05, 4.69) is 20.6 Å². The second-order valence-corrected chi connectivity index (χ2v) is 6.34. The van der Waals surface area contributed by atoms with Crippen molar-refractivity contribution in [1.29, 1.82) is 0 Å². The molecule has 3 rings (SSSR count). The van der Waals surface area contributed by atoms with E-state index in [1.54, 1.807) is 12.1 Å². The molecule has 0 saturated heterocycles. The molecule has 0 aliphatic rings. The summed E-state index contributed by atoms with van der Waals surface area (Å²) in [7, 11) is 0. The lowest BCUT2D eigenvalue weighted by molar-refractivity contribution is 0.244. The first kappa shape index (κ1) is 18.6. The quantitative estimate of drug-likeness (QED) is 0.600. The van der Waals surface area contributed by atoms with E-state index < -0.39 is 0 Å². The van der Waals surface area contributed by atoms with Gasteiger partial charge in [0, 0.05) is 12.6 Å². The van der Waals surface area contributed by atoms with Crippen LogP contribution in [-0.4, -0.2) is 22.6 Å². The second kappa shape index (κ2) is 8.98. The summed E-state index contributed by atoms with van der Waals surface area (Å²) in [4.78, 5) is 8.48. The van der Waals surface area contributed by atoms with Crippen LogP contribution in [0.4, 0.5) is 21.7 Å². The third-order valence-corrected chi connectivity index (χ3v) is 3.84. The average molecular weight is 366 g/mol. The van der Waals surface area contributed by atoms with E-state index in [1.165, 1.54) is 12.4 Å². The van der Waals surface area contributed by atoms with Gasteiger partial charge in [0.15, 0.2) is 0 Å². The summed E-state index contributed by atoms with van der Waals surface area (Å²) in [5.41, 5.74) is 1.51. The van der Waals surface area contributed by atoms with Crippen molar-refractivity contribution < 1.29 is 9.13 Å². The molecule has 0 bridgehead atoms. The largest absolute Gasteiger partial charge is 0.489 e. The Balaban J connectivity index is 1.63. The van der Waals surface area contributed by atoms with Crippen LogP contribution >= 0.6 is 0 Å². The normalized spacial score (nSPS) is 10.7. The smallest absolute Gasteiger partial charge is 0.143 e. The maximum absolute atomic E-state index is 13.7. The molecule has 1 heterocycles. The molecule has 0 saturated carbocycles. The molecule has 2 N–H and O–H groups in total. The Kier molecular flexibility index (Phi) is 6.20. The van der Waals surface area contributed by atoms with E-state index in [0.29, 0.717) is 30.2 Å². The first-order valence-corrected chi connectivity index (χ1v) is 8.94. The number of nitrogens with zero attached hydrogens (tertiary/aromatic N) is 2. The van der Waals surface area contributed by atoms with Gasteiger partial charge >= 0.3 is 0 Å². The maximum atomic E-state index is 13.7. The molecule has 27 heavy (non-hydrogen) atoms. The summed E-state index contributed by atoms with van der Waals surface area (Å²) in [5, 5.41) is 6.46. The lowest BCUT2D eigenvalue weighted by atomic mass is 10.1. The molecule has 0 radical (unpaired) electrons. The lowest BCUT2D eigenvalue weighted by Gasteiger charge is -2.15. The van der Waals surface area contributed by atoms with Gasteiger partial charge in [-0.2, -0.15) is 0 Å². The minimum Gasteiger partial charge on any atom is -0.489 e. The molecule has 1 aromatic heterocycles. The van der Waals surface area contributed by atoms with Crippen molar-refractivity contribution in [1.82, 2.24) is 9.97 Å². The number of hydrogen-bond donors (Lipinski definition) is 2. The van der Waals surface area contributed by atoms with E-state index in [9.17, 15) is 4.39 Å². The molecule has 140 valence electrons. The zero-order chi connectivity index (χ0) is 19.1. The van der Waals surface area contributed by atoms with Gasteiger partial charge in [-0.05, 0) is 44.0 Å². The molecule has 0 fully saturated rings. The van der Waals surface area contributed by atoms with Gasteiger partial charge in [0.05, 0.1) is 11.8 Å². The fourth-order valence-electron chi connectivity index (χ4n) is 2.61. The van der Waals surface area contributed by atoms with Crippen molar-refractivity contribution in [3.05, 3.63) is 72.3 Å². The van der Waals surface area contributed by atoms with Gasteiger partial charge in [-0.3, -0.25) is 0 Å². The van der Waals surface area contributed by atoms with Gasteiger partial charge in [-0.1, -0.05) is 30.3 Å². The molecule has 6 heteroatoms. The Bertz CT molecular complexity index is 885. The predicted octanol–water partition coefficient (Wildman–Crippen LogP) is 4.80. The fourth-order valence-corrected chi connectivity index (χ4v) is 2.61. The Morgan fingerprint density at radius 2 is 1.74 bits per heavy atom. The minimum absolute atomic E-state index is 0.0777. The van der Waals surface area contributed by atoms with Gasteiger partial charge in [0.25, 0.3) is 0 Å². The highest BCUT2D eigenvalue weighted by Crippen LogP contribution is 2.27. The molecule has 0 atom stereocenters. The maximum Gasteiger partial charge on any atom is 0.143 e. The number of nitrogens with one attached hydrogen (secondary N) is 2. The van der Waals surface area contributed by atoms with E-state index in [1.807, 2.05) is 50.2 Å². The zero-order valence-electron chi connectivity index (χ0n) is 15.4. The summed E-state index contributed by atoms with van der Waals surface area (Å²) in [6.45, 7) is 4.54. The van der Waals surface area contributed by atoms with Gasteiger partial charge in [-0.15, -0.1) is 0 Å². The summed E-state index contributed by atoms with van der Waals surface area (Å²) < 4.78 is 19.5. The van der Waals surface area contributed by atoms with Crippen LogP contribution in [0.3, 0.4) is 0 Å². The molecule has 0 amide bonds. The van der Waals surface area contributed by atoms with E-state index in [4.69, 9.17) is 4.74 Å². The minimum atomic E-state index is -0.189. The Morgan fingerprint density at radius 3 is 2.56 bits per heavy atom. The SMILES string of the molecule is CC(C)Oc1ccccc1Nc1cc(NCCc2ccccc2F)ncn1. The van der Waals surface area contributed by atoms with Crippen molar-refractivity contribution in [2.24, 2.45) is 0 Å². The highest BCUT2D eigenvalue weighted by molar-refractivity contribution is 5.65. The van der Waals surface area contributed by atoms with Crippen LogP contribution in [0, 0.1) is 5.82 Å². The lowest BCUT2D eigenvalue weighted by Crippen LogP contribution is -2.09. The van der Waals surface area contributed by atoms with Gasteiger partial charge in [0.1, 0.15) is 29.5 Å². The van der Waals surface area contributed by atoms with Crippen LogP contribution < -0.4 is 15.4 Å². The number of rotatable bonds is 8. The molecule has 0 spiro atoms. The van der Waals surface area contributed by atoms with E-state index in [0.717, 1.165) is 11.4 Å². The number of ether oxygens (including phenoxy) is 1. The number of aromatic nitrogens is 2. The van der Waals surface area contributed by atoms with Crippen molar-refractivity contribution in [2.45, 2.75) is 26.4 Å². The molecular weight excluding hydrogens is 343 g/mol. The van der Waals surface area contributed by atoms with Crippen LogP contribution in [0.25, 0.3) is 0 Å². The highest BCUT2D eigenvalue weighted by Gasteiger charge is 2.07. The number of halogens is 1. The number of anilines is 3. The fraction of sp³-hybridized carbons (Fsp3) is 0.238. The van der Waals surface area contributed by atoms with Gasteiger partial charge in [0.2, 0.25) is 0 Å². The van der Waals surface area contributed by atoms with Gasteiger partial charge in [-0.25, -0.2) is 14.4 Å². The molecule has 3 aromatic rings. The first-order chi connectivity index (χ1) is 13.1. The van der Waals surface area contributed by atoms with Crippen LogP contribution in [0.15, 0.2) is 60.9 Å². The third kappa shape index (κ3) is 5.41. The molecule has 5 nitrogen and oxygen atoms in total. The highest BCUT2D eigenvalue weighted by atomic mass is 19.1. The van der Waals surface area contributed by atoms with Crippen LogP contribution in [0.5, 0.6) is 5.75 Å². The Labute approximate surface area is 158 Å². The Hall–Kier alpha value is -3.15. The monoisotopic (exact) mass is 366 g/mol. The third-order valence-electron chi connectivity index (χ3n) is 3.84. The van der Waals surface area contributed by atoms with Crippen molar-refractivity contribution in [3.63, 3.8) is 0 Å². The molecule has 0 unspecified atom stereocenters. The topological polar surface area (TPSA) is 59.1 Å². The Morgan fingerprint density at radius 1 is 1.00 bits per heavy atom. The summed E-state index contributed by atoms with van der Waals surface area (Å²) in [5.74, 6) is 1.90. The summed E-state index contributed by atoms with van der Waals surface area (Å²) >= 11 is 0. The van der Waals surface area contributed by atoms with E-state index in [-0.39, 0.29) is 11.9 Å². The standard InChI is InChI=1S/C21H23FN4O/c1-15(2)27-19-10-6-5-9-18(19)26-21-13-20(24-14-25-21)23-12-11-16-7-3-4-8-17(16)22/h3-10,13-15H,11-12H2,1-2H3,(H2,23,24,25,26). The van der Waals surface area contributed by atoms with Gasteiger partial charge < -0.3 is 15.4 Å². The van der Waals surface area contributed by atoms with Crippen molar-refractivity contribution in [2.75, 3.05) is 17.2 Å². The zero-order valence-corrected chi connectivity index (χ0v) is 15.4. The molecule has 0 aliphatic carbocycles. The van der Waals surface area contributed by atoms with Crippen LogP contribution in [-0.2, 0) is 6.42 Å². The number of benzene rings is 2. The predicted molar refractivity (Wildman–Crippen MR) is 106 cm³/mol. The van der Waals surface area contributed by atoms with E-state index >= 15 is 0 Å². The summed E-state index contributed by atoms with van der Waals surface area (Å²) in [6.07, 6.45) is 2.14. The number of hydrogen-bond acceptors (Lipinski definition) is 5. The van der Waals surface area contributed by atoms with Crippen LogP contribution in [0.1, 0.15) is 19.4 Å². The van der Waals surface area contributed by atoms with Crippen molar-refractivity contribution >= 4 is 17.3 Å². The average Bonchev–Trinajstić information content (AvgIpc) is 2.65. The second-order valence-electron chi connectivity index (χ2n) is 6.34. The molecule has 2 aromatic carbocycles. The first-order valence-electron chi connectivity index (χ1n) is 8.94. The van der Waals surface area contributed by atoms with Crippen molar-refractivity contribution in [3.8, 4) is 5.75 Å². The molecular formula is C21H23FN4O.